The summed E-state index contributed by atoms with van der Waals surface area (Å²) in [4.78, 5) is 23.7. The largest absolute Gasteiger partial charge is 0.477 e. The average molecular weight is 373 g/mol. The SMILES string of the molecule is CC(C)c1c(F)cc2c(=O)c(C(=O)O)cn(C3CC3F)c2c1OC(F)F. The van der Waals surface area contributed by atoms with Gasteiger partial charge in [-0.1, -0.05) is 13.8 Å². The number of pyridine rings is 1. The standard InChI is InChI=1S/C17H15F4NO4/c1-6(2)12-10(19)3-7-13(15(12)26-17(20)21)22(11-4-9(11)18)5-8(14(7)23)16(24)25/h3,5-6,9,11,17H,4H2,1-2H3,(H,24,25). The van der Waals surface area contributed by atoms with Crippen molar-refractivity contribution in [2.75, 3.05) is 0 Å². The average Bonchev–Trinajstić information content (AvgIpc) is 3.23. The number of rotatable bonds is 5. The van der Waals surface area contributed by atoms with Gasteiger partial charge in [-0.15, -0.1) is 0 Å². The molecule has 9 heteroatoms. The third-order valence-corrected chi connectivity index (χ3v) is 4.31. The van der Waals surface area contributed by atoms with Crippen molar-refractivity contribution in [2.45, 2.75) is 45.0 Å². The van der Waals surface area contributed by atoms with E-state index in [0.717, 1.165) is 16.8 Å². The lowest BCUT2D eigenvalue weighted by molar-refractivity contribution is -0.0499. The van der Waals surface area contributed by atoms with E-state index in [-0.39, 0.29) is 17.5 Å². The van der Waals surface area contributed by atoms with Crippen LogP contribution in [0.25, 0.3) is 10.9 Å². The fourth-order valence-corrected chi connectivity index (χ4v) is 3.07. The lowest BCUT2D eigenvalue weighted by atomic mass is 9.97. The first-order chi connectivity index (χ1) is 12.1. The number of carboxylic acids is 1. The molecule has 3 rings (SSSR count). The van der Waals surface area contributed by atoms with Crippen LogP contribution in [0.5, 0.6) is 5.75 Å². The zero-order valence-electron chi connectivity index (χ0n) is 13.8. The molecule has 1 aromatic carbocycles. The Kier molecular flexibility index (Phi) is 4.41. The second-order valence-electron chi connectivity index (χ2n) is 6.43. The molecule has 1 heterocycles. The number of aromatic nitrogens is 1. The molecule has 1 fully saturated rings. The quantitative estimate of drug-likeness (QED) is 0.809. The van der Waals surface area contributed by atoms with Crippen molar-refractivity contribution >= 4 is 16.9 Å². The van der Waals surface area contributed by atoms with Crippen LogP contribution in [-0.4, -0.2) is 28.4 Å². The number of alkyl halides is 3. The molecule has 1 N–H and O–H groups in total. The van der Waals surface area contributed by atoms with E-state index in [2.05, 4.69) is 4.74 Å². The van der Waals surface area contributed by atoms with Gasteiger partial charge >= 0.3 is 12.6 Å². The Bertz CT molecular complexity index is 954. The van der Waals surface area contributed by atoms with Crippen LogP contribution in [0.1, 0.15) is 48.1 Å². The number of fused-ring (bicyclic) bond motifs is 1. The van der Waals surface area contributed by atoms with E-state index in [9.17, 15) is 32.3 Å². The van der Waals surface area contributed by atoms with E-state index >= 15 is 0 Å². The molecule has 0 bridgehead atoms. The maximum atomic E-state index is 14.5. The Morgan fingerprint density at radius 1 is 1.38 bits per heavy atom. The normalized spacial score (nSPS) is 19.4. The highest BCUT2D eigenvalue weighted by atomic mass is 19.3. The van der Waals surface area contributed by atoms with Crippen molar-refractivity contribution in [3.05, 3.63) is 39.4 Å². The van der Waals surface area contributed by atoms with E-state index < -0.39 is 58.7 Å². The summed E-state index contributed by atoms with van der Waals surface area (Å²) in [6, 6.07) is -0.0362. The Labute approximate surface area is 144 Å². The van der Waals surface area contributed by atoms with Crippen molar-refractivity contribution in [3.8, 4) is 5.75 Å². The van der Waals surface area contributed by atoms with Gasteiger partial charge in [-0.05, 0) is 12.0 Å². The van der Waals surface area contributed by atoms with Crippen LogP contribution >= 0.6 is 0 Å². The smallest absolute Gasteiger partial charge is 0.387 e. The highest BCUT2D eigenvalue weighted by Gasteiger charge is 2.41. The number of carbonyl (C=O) groups is 1. The molecule has 0 spiro atoms. The van der Waals surface area contributed by atoms with Gasteiger partial charge < -0.3 is 14.4 Å². The predicted octanol–water partition coefficient (Wildman–Crippen LogP) is 3.85. The lowest BCUT2D eigenvalue weighted by Gasteiger charge is -2.20. The van der Waals surface area contributed by atoms with Gasteiger partial charge in [0.05, 0.1) is 16.9 Å². The monoisotopic (exact) mass is 373 g/mol. The molecule has 2 aromatic rings. The minimum atomic E-state index is -3.31. The van der Waals surface area contributed by atoms with Crippen LogP contribution in [0.3, 0.4) is 0 Å². The number of ether oxygens (including phenoxy) is 1. The number of aromatic carboxylic acids is 1. The summed E-state index contributed by atoms with van der Waals surface area (Å²) in [5.41, 5.74) is -2.16. The highest BCUT2D eigenvalue weighted by molar-refractivity contribution is 5.95. The molecular formula is C17H15F4NO4. The van der Waals surface area contributed by atoms with E-state index in [4.69, 9.17) is 0 Å². The van der Waals surface area contributed by atoms with E-state index in [0.29, 0.717) is 0 Å². The van der Waals surface area contributed by atoms with E-state index in [1.807, 2.05) is 0 Å². The molecule has 2 atom stereocenters. The molecule has 0 amide bonds. The molecule has 0 radical (unpaired) electrons. The van der Waals surface area contributed by atoms with Gasteiger partial charge in [0.15, 0.2) is 5.75 Å². The number of hydrogen-bond donors (Lipinski definition) is 1. The molecule has 1 aliphatic carbocycles. The number of halogens is 4. The first-order valence-corrected chi connectivity index (χ1v) is 7.86. The summed E-state index contributed by atoms with van der Waals surface area (Å²) >= 11 is 0. The van der Waals surface area contributed by atoms with Gasteiger partial charge in [0.25, 0.3) is 0 Å². The number of carboxylic acid groups (broad SMARTS) is 1. The van der Waals surface area contributed by atoms with Gasteiger partial charge in [0.2, 0.25) is 5.43 Å². The summed E-state index contributed by atoms with van der Waals surface area (Å²) in [7, 11) is 0. The maximum Gasteiger partial charge on any atom is 0.387 e. The second kappa shape index (κ2) is 6.30. The predicted molar refractivity (Wildman–Crippen MR) is 84.4 cm³/mol. The molecule has 0 saturated heterocycles. The zero-order valence-corrected chi connectivity index (χ0v) is 13.8. The first kappa shape index (κ1) is 18.2. The first-order valence-electron chi connectivity index (χ1n) is 7.86. The minimum Gasteiger partial charge on any atom is -0.477 e. The fraction of sp³-hybridized carbons (Fsp3) is 0.412. The van der Waals surface area contributed by atoms with E-state index in [1.165, 1.54) is 0 Å². The number of nitrogens with zero attached hydrogens (tertiary/aromatic N) is 1. The van der Waals surface area contributed by atoms with Gasteiger partial charge in [-0.25, -0.2) is 13.6 Å². The second-order valence-corrected chi connectivity index (χ2v) is 6.43. The third-order valence-electron chi connectivity index (χ3n) is 4.31. The molecule has 26 heavy (non-hydrogen) atoms. The highest BCUT2D eigenvalue weighted by Crippen LogP contribution is 2.44. The molecule has 1 aliphatic rings. The van der Waals surface area contributed by atoms with Crippen LogP contribution < -0.4 is 10.2 Å². The summed E-state index contributed by atoms with van der Waals surface area (Å²) in [6.45, 7) is -0.210. The van der Waals surface area contributed by atoms with Crippen molar-refractivity contribution in [1.29, 1.82) is 0 Å². The Hall–Kier alpha value is -2.58. The van der Waals surface area contributed by atoms with Crippen molar-refractivity contribution < 1.29 is 32.2 Å². The zero-order chi connectivity index (χ0) is 19.3. The Balaban J connectivity index is 2.49. The summed E-state index contributed by atoms with van der Waals surface area (Å²) in [5, 5.41) is 8.75. The maximum absolute atomic E-state index is 14.5. The van der Waals surface area contributed by atoms with Gasteiger partial charge in [-0.2, -0.15) is 8.78 Å². The number of benzene rings is 1. The molecule has 2 unspecified atom stereocenters. The van der Waals surface area contributed by atoms with Crippen LogP contribution in [-0.2, 0) is 0 Å². The molecular weight excluding hydrogens is 358 g/mol. The lowest BCUT2D eigenvalue weighted by Crippen LogP contribution is -2.21. The molecule has 1 saturated carbocycles. The summed E-state index contributed by atoms with van der Waals surface area (Å²) < 4.78 is 59.7. The minimum absolute atomic E-state index is 0.0273. The Morgan fingerprint density at radius 2 is 2.00 bits per heavy atom. The van der Waals surface area contributed by atoms with Crippen molar-refractivity contribution in [2.24, 2.45) is 0 Å². The van der Waals surface area contributed by atoms with Gasteiger partial charge in [0.1, 0.15) is 17.6 Å². The molecule has 1 aromatic heterocycles. The van der Waals surface area contributed by atoms with Crippen molar-refractivity contribution in [1.82, 2.24) is 4.57 Å². The summed E-state index contributed by atoms with van der Waals surface area (Å²) in [5.74, 6) is -3.69. The molecule has 140 valence electrons. The van der Waals surface area contributed by atoms with Crippen LogP contribution in [0.4, 0.5) is 17.6 Å². The van der Waals surface area contributed by atoms with Gasteiger partial charge in [0, 0.05) is 18.2 Å². The van der Waals surface area contributed by atoms with Crippen molar-refractivity contribution in [3.63, 3.8) is 0 Å². The topological polar surface area (TPSA) is 68.5 Å². The Morgan fingerprint density at radius 3 is 2.46 bits per heavy atom. The van der Waals surface area contributed by atoms with Crippen LogP contribution in [0, 0.1) is 5.82 Å². The molecule has 0 aliphatic heterocycles. The number of hydrogen-bond acceptors (Lipinski definition) is 3. The molecule has 5 nitrogen and oxygen atoms in total. The summed E-state index contributed by atoms with van der Waals surface area (Å²) in [6.07, 6.45) is -0.397. The van der Waals surface area contributed by atoms with E-state index in [1.54, 1.807) is 13.8 Å². The van der Waals surface area contributed by atoms with Crippen LogP contribution in [0.2, 0.25) is 0 Å². The van der Waals surface area contributed by atoms with Crippen LogP contribution in [0.15, 0.2) is 17.1 Å². The van der Waals surface area contributed by atoms with Gasteiger partial charge in [-0.3, -0.25) is 4.79 Å². The fourth-order valence-electron chi connectivity index (χ4n) is 3.07. The third kappa shape index (κ3) is 2.91.